The first-order valence-electron chi connectivity index (χ1n) is 1.07. The Labute approximate surface area is 65.7 Å². The average molecular weight is 317 g/mol. The maximum atomic E-state index is 8.93. The molecule has 0 bridgehead atoms. The Morgan fingerprint density at radius 3 is 1.00 bits per heavy atom. The van der Waals surface area contributed by atoms with Crippen LogP contribution in [-0.4, -0.2) is 11.9 Å². The van der Waals surface area contributed by atoms with Crippen LogP contribution in [0, 0.1) is 0 Å². The van der Waals surface area contributed by atoms with E-state index in [1.165, 1.54) is 0 Å². The van der Waals surface area contributed by atoms with E-state index in [-0.39, 0.29) is 33.4 Å². The van der Waals surface area contributed by atoms with Gasteiger partial charge >= 0.3 is 21.1 Å². The molecule has 0 aliphatic rings. The largest absolute Gasteiger partial charge is 4.00 e. The molecular formula is C2H6N2O4Pt+2. The number of carboxylic acid groups (broad SMARTS) is 2. The minimum absolute atomic E-state index is 0. The minimum Gasteiger partial charge on any atom is -0.543 e. The Morgan fingerprint density at radius 1 is 0.889 bits per heavy atom. The summed E-state index contributed by atoms with van der Waals surface area (Å²) in [6.45, 7) is 0. The van der Waals surface area contributed by atoms with E-state index in [1.54, 1.807) is 0 Å². The standard InChI is InChI=1S/C2H2O4.2H3N.Pt/c3-1(4)2(5)6;;;/h(H,3,4)(H,5,6);2*1H3;/q;;;+4/p-2. The first kappa shape index (κ1) is 23.5. The summed E-state index contributed by atoms with van der Waals surface area (Å²) >= 11 is 0. The zero-order chi connectivity index (χ0) is 5.15. The third kappa shape index (κ3) is 18.5. The number of carbonyl (C=O) groups is 2. The fraction of sp³-hybridized carbons (Fsp3) is 0. The van der Waals surface area contributed by atoms with Gasteiger partial charge in [0, 0.05) is 0 Å². The molecule has 0 heterocycles. The average Bonchev–Trinajstić information content (AvgIpc) is 1.36. The van der Waals surface area contributed by atoms with Crippen molar-refractivity contribution in [1.82, 2.24) is 12.3 Å². The van der Waals surface area contributed by atoms with Crippen LogP contribution in [0.2, 0.25) is 0 Å². The molecule has 0 saturated heterocycles. The topological polar surface area (TPSA) is 150 Å². The molecule has 9 heavy (non-hydrogen) atoms. The predicted octanol–water partition coefficient (Wildman–Crippen LogP) is -3.19. The molecule has 0 spiro atoms. The summed E-state index contributed by atoms with van der Waals surface area (Å²) < 4.78 is 0. The number of rotatable bonds is 0. The second-order valence-electron chi connectivity index (χ2n) is 0.575. The maximum absolute atomic E-state index is 8.93. The maximum Gasteiger partial charge on any atom is 4.00 e. The molecule has 0 aliphatic heterocycles. The summed E-state index contributed by atoms with van der Waals surface area (Å²) in [7, 11) is 0. The van der Waals surface area contributed by atoms with Crippen LogP contribution in [0.4, 0.5) is 0 Å². The molecule has 0 rings (SSSR count). The molecule has 0 aliphatic carbocycles. The van der Waals surface area contributed by atoms with E-state index < -0.39 is 11.9 Å². The normalized spacial score (nSPS) is 4.89. The molecule has 56 valence electrons. The molecule has 0 aromatic heterocycles. The Hall–Kier alpha value is -0.452. The van der Waals surface area contributed by atoms with Gasteiger partial charge in [-0.25, -0.2) is 0 Å². The van der Waals surface area contributed by atoms with Crippen molar-refractivity contribution in [3.63, 3.8) is 0 Å². The van der Waals surface area contributed by atoms with Crippen LogP contribution in [0.15, 0.2) is 0 Å². The SMILES string of the molecule is N.N.O=C([O-])C(=O)[O-].[Pt+4]. The molecule has 0 saturated carbocycles. The third-order valence-corrected chi connectivity index (χ3v) is 0.167. The number of carboxylic acids is 2. The first-order valence-corrected chi connectivity index (χ1v) is 1.07. The summed E-state index contributed by atoms with van der Waals surface area (Å²) in [5.41, 5.74) is 0. The van der Waals surface area contributed by atoms with Crippen molar-refractivity contribution in [2.45, 2.75) is 0 Å². The quantitative estimate of drug-likeness (QED) is 0.449. The van der Waals surface area contributed by atoms with Crippen molar-refractivity contribution in [3.8, 4) is 0 Å². The molecule has 6 nitrogen and oxygen atoms in total. The van der Waals surface area contributed by atoms with E-state index >= 15 is 0 Å². The van der Waals surface area contributed by atoms with Gasteiger partial charge in [-0.05, 0) is 0 Å². The van der Waals surface area contributed by atoms with Gasteiger partial charge in [0.25, 0.3) is 0 Å². The molecule has 7 heteroatoms. The molecule has 0 aromatic rings. The summed E-state index contributed by atoms with van der Waals surface area (Å²) in [5, 5.41) is 17.9. The van der Waals surface area contributed by atoms with Gasteiger partial charge in [-0.3, -0.25) is 0 Å². The molecular weight excluding hydrogens is 311 g/mol. The molecule has 0 aromatic carbocycles. The first-order chi connectivity index (χ1) is 2.64. The van der Waals surface area contributed by atoms with Gasteiger partial charge in [0.15, 0.2) is 0 Å². The second-order valence-corrected chi connectivity index (χ2v) is 0.575. The zero-order valence-corrected chi connectivity index (χ0v) is 6.64. The summed E-state index contributed by atoms with van der Waals surface area (Å²) in [6, 6.07) is 0. The van der Waals surface area contributed by atoms with Crippen LogP contribution < -0.4 is 22.5 Å². The van der Waals surface area contributed by atoms with Crippen molar-refractivity contribution in [3.05, 3.63) is 0 Å². The van der Waals surface area contributed by atoms with Crippen molar-refractivity contribution >= 4 is 11.9 Å². The number of carbonyl (C=O) groups excluding carboxylic acids is 2. The van der Waals surface area contributed by atoms with E-state index in [0.29, 0.717) is 0 Å². The zero-order valence-electron chi connectivity index (χ0n) is 4.36. The van der Waals surface area contributed by atoms with E-state index in [9.17, 15) is 0 Å². The van der Waals surface area contributed by atoms with Gasteiger partial charge < -0.3 is 32.1 Å². The molecule has 0 radical (unpaired) electrons. The van der Waals surface area contributed by atoms with E-state index in [1.807, 2.05) is 0 Å². The Kier molecular flexibility index (Phi) is 27.5. The van der Waals surface area contributed by atoms with Gasteiger partial charge in [0.2, 0.25) is 0 Å². The van der Waals surface area contributed by atoms with Crippen LogP contribution in [0.5, 0.6) is 0 Å². The van der Waals surface area contributed by atoms with Gasteiger partial charge in [-0.15, -0.1) is 0 Å². The van der Waals surface area contributed by atoms with Crippen LogP contribution in [0.25, 0.3) is 0 Å². The molecule has 0 unspecified atom stereocenters. The summed E-state index contributed by atoms with van der Waals surface area (Å²) in [4.78, 5) is 17.9. The van der Waals surface area contributed by atoms with Gasteiger partial charge in [0.1, 0.15) is 0 Å². The summed E-state index contributed by atoms with van der Waals surface area (Å²) in [6.07, 6.45) is 0. The molecule has 0 amide bonds. The van der Waals surface area contributed by atoms with Crippen molar-refractivity contribution < 1.29 is 40.9 Å². The Bertz CT molecular complexity index is 82.6. The van der Waals surface area contributed by atoms with Crippen molar-refractivity contribution in [2.75, 3.05) is 0 Å². The van der Waals surface area contributed by atoms with Gasteiger partial charge in [-0.2, -0.15) is 0 Å². The van der Waals surface area contributed by atoms with Crippen molar-refractivity contribution in [1.29, 1.82) is 0 Å². The van der Waals surface area contributed by atoms with Crippen LogP contribution >= 0.6 is 0 Å². The molecule has 0 atom stereocenters. The number of aliphatic carboxylic acids is 2. The van der Waals surface area contributed by atoms with E-state index in [4.69, 9.17) is 19.8 Å². The Balaban J connectivity index is -0.0000000417. The summed E-state index contributed by atoms with van der Waals surface area (Å²) in [5.74, 6) is -4.37. The third-order valence-electron chi connectivity index (χ3n) is 0.167. The Morgan fingerprint density at radius 2 is 1.00 bits per heavy atom. The smallest absolute Gasteiger partial charge is 0.543 e. The van der Waals surface area contributed by atoms with Crippen LogP contribution in [0.3, 0.4) is 0 Å². The molecule has 0 fully saturated rings. The minimum atomic E-state index is -2.19. The molecule has 6 N–H and O–H groups in total. The van der Waals surface area contributed by atoms with E-state index in [0.717, 1.165) is 0 Å². The van der Waals surface area contributed by atoms with Gasteiger partial charge in [-0.1, -0.05) is 0 Å². The fourth-order valence-electron chi connectivity index (χ4n) is 0. The number of hydrogen-bond acceptors (Lipinski definition) is 6. The van der Waals surface area contributed by atoms with Gasteiger partial charge in [0.05, 0.1) is 11.9 Å². The predicted molar refractivity (Wildman–Crippen MR) is 20.1 cm³/mol. The fourth-order valence-corrected chi connectivity index (χ4v) is 0. The number of hydrogen-bond donors (Lipinski definition) is 2. The van der Waals surface area contributed by atoms with E-state index in [2.05, 4.69) is 0 Å². The second kappa shape index (κ2) is 10.5. The monoisotopic (exact) mass is 317 g/mol. The van der Waals surface area contributed by atoms with Crippen LogP contribution in [-0.2, 0) is 30.7 Å². The van der Waals surface area contributed by atoms with Crippen LogP contribution in [0.1, 0.15) is 0 Å². The van der Waals surface area contributed by atoms with Crippen molar-refractivity contribution in [2.24, 2.45) is 0 Å².